The minimum absolute atomic E-state index is 0.00541. The van der Waals surface area contributed by atoms with Crippen LogP contribution in [0.2, 0.25) is 0 Å². The molecule has 2 aliphatic rings. The fourth-order valence-electron chi connectivity index (χ4n) is 5.85. The van der Waals surface area contributed by atoms with Crippen LogP contribution >= 0.6 is 0 Å². The first-order valence-electron chi connectivity index (χ1n) is 14.5. The van der Waals surface area contributed by atoms with E-state index in [2.05, 4.69) is 34.8 Å². The van der Waals surface area contributed by atoms with Gasteiger partial charge in [-0.05, 0) is 48.8 Å². The number of amides is 4. The summed E-state index contributed by atoms with van der Waals surface area (Å²) in [7, 11) is 0. The summed E-state index contributed by atoms with van der Waals surface area (Å²) in [5.74, 6) is -2.85. The van der Waals surface area contributed by atoms with Crippen molar-refractivity contribution in [2.24, 2.45) is 17.8 Å². The summed E-state index contributed by atoms with van der Waals surface area (Å²) in [6.45, 7) is 5.13. The smallest absolute Gasteiger partial charge is 0.289 e. The molecule has 0 spiro atoms. The maximum atomic E-state index is 13.8. The number of carbonyl (C=O) groups excluding carboxylic acids is 5. The van der Waals surface area contributed by atoms with Gasteiger partial charge in [0.15, 0.2) is 0 Å². The average Bonchev–Trinajstić information content (AvgIpc) is 3.73. The Labute approximate surface area is 244 Å². The summed E-state index contributed by atoms with van der Waals surface area (Å²) >= 11 is 0. The topological polar surface area (TPSA) is 140 Å². The number of aromatic nitrogens is 1. The van der Waals surface area contributed by atoms with Crippen molar-refractivity contribution in [3.63, 3.8) is 0 Å². The number of Topliss-reactive ketones (excluding diaryl/α,β-unsaturated/α-hetero) is 1. The molecular formula is C32H37N5O5. The number of nitrogens with zero attached hydrogens (tertiary/aromatic N) is 1. The van der Waals surface area contributed by atoms with Crippen LogP contribution in [0.15, 0.2) is 60.7 Å². The van der Waals surface area contributed by atoms with Crippen molar-refractivity contribution in [3.05, 3.63) is 71.9 Å². The summed E-state index contributed by atoms with van der Waals surface area (Å²) in [4.78, 5) is 70.9. The van der Waals surface area contributed by atoms with Gasteiger partial charge in [-0.1, -0.05) is 62.4 Å². The largest absolute Gasteiger partial charge is 0.356 e. The molecule has 2 aromatic carbocycles. The van der Waals surface area contributed by atoms with Crippen molar-refractivity contribution < 1.29 is 24.0 Å². The molecule has 5 rings (SSSR count). The van der Waals surface area contributed by atoms with E-state index in [1.807, 2.05) is 54.6 Å². The maximum Gasteiger partial charge on any atom is 0.289 e. The van der Waals surface area contributed by atoms with Gasteiger partial charge in [-0.15, -0.1) is 0 Å². The summed E-state index contributed by atoms with van der Waals surface area (Å²) < 4.78 is 0. The number of hydrogen-bond donors (Lipinski definition) is 4. The molecule has 4 atom stereocenters. The third-order valence-electron chi connectivity index (χ3n) is 8.44. The van der Waals surface area contributed by atoms with Crippen molar-refractivity contribution in [2.45, 2.75) is 51.7 Å². The van der Waals surface area contributed by atoms with E-state index in [1.165, 1.54) is 0 Å². The molecule has 220 valence electrons. The number of carbonyl (C=O) groups is 5. The molecule has 1 aromatic heterocycles. The van der Waals surface area contributed by atoms with Crippen LogP contribution in [0.25, 0.3) is 10.9 Å². The molecule has 0 unspecified atom stereocenters. The van der Waals surface area contributed by atoms with Crippen LogP contribution in [0, 0.1) is 17.8 Å². The highest BCUT2D eigenvalue weighted by Gasteiger charge is 2.43. The van der Waals surface area contributed by atoms with Gasteiger partial charge < -0.3 is 25.8 Å². The molecule has 10 heteroatoms. The fourth-order valence-corrected chi connectivity index (χ4v) is 5.85. The molecule has 4 N–H and O–H groups in total. The van der Waals surface area contributed by atoms with Gasteiger partial charge in [0.1, 0.15) is 11.7 Å². The highest BCUT2D eigenvalue weighted by Crippen LogP contribution is 2.31. The van der Waals surface area contributed by atoms with Crippen molar-refractivity contribution in [3.8, 4) is 0 Å². The minimum atomic E-state index is -1.20. The van der Waals surface area contributed by atoms with Crippen molar-refractivity contribution >= 4 is 40.3 Å². The Balaban J connectivity index is 1.34. The van der Waals surface area contributed by atoms with Gasteiger partial charge in [0.2, 0.25) is 17.6 Å². The molecule has 0 bridgehead atoms. The molecule has 3 aromatic rings. The number of likely N-dealkylation sites (tertiary alicyclic amines) is 1. The van der Waals surface area contributed by atoms with Gasteiger partial charge in [-0.2, -0.15) is 0 Å². The zero-order chi connectivity index (χ0) is 29.8. The Bertz CT molecular complexity index is 1450. The standard InChI is InChI=1S/C32H37N5O5/c1-19(2)23-16-27(37(18-23)32(42)26-14-21-10-6-7-11-24(21)35-26)30(40)36-25(15-22-12-13-33-29(22)39)28(38)31(41)34-17-20-8-4-3-5-9-20/h3-11,14,19,22-23,25,27,35H,12-13,15-18H2,1-2H3,(H,33,39)(H,34,41)(H,36,40)/t22-,23+,25-,27-/m0/s1. The van der Waals surface area contributed by atoms with E-state index in [-0.39, 0.29) is 36.6 Å². The summed E-state index contributed by atoms with van der Waals surface area (Å²) in [6.07, 6.45) is 0.944. The lowest BCUT2D eigenvalue weighted by Crippen LogP contribution is -2.54. The van der Waals surface area contributed by atoms with Crippen LogP contribution in [0.5, 0.6) is 0 Å². The van der Waals surface area contributed by atoms with E-state index in [0.29, 0.717) is 31.6 Å². The lowest BCUT2D eigenvalue weighted by molar-refractivity contribution is -0.141. The molecule has 0 saturated carbocycles. The van der Waals surface area contributed by atoms with Crippen LogP contribution in [-0.4, -0.2) is 64.5 Å². The lowest BCUT2D eigenvalue weighted by Gasteiger charge is -2.26. The number of rotatable bonds is 10. The maximum absolute atomic E-state index is 13.8. The Kier molecular flexibility index (Phi) is 8.70. The Morgan fingerprint density at radius 2 is 1.76 bits per heavy atom. The van der Waals surface area contributed by atoms with Crippen LogP contribution < -0.4 is 16.0 Å². The Hall–Kier alpha value is -4.47. The highest BCUT2D eigenvalue weighted by atomic mass is 16.2. The lowest BCUT2D eigenvalue weighted by atomic mass is 9.92. The second kappa shape index (κ2) is 12.6. The molecule has 3 heterocycles. The first kappa shape index (κ1) is 29.0. The molecule has 42 heavy (non-hydrogen) atoms. The Morgan fingerprint density at radius 3 is 2.45 bits per heavy atom. The third kappa shape index (κ3) is 6.37. The van der Waals surface area contributed by atoms with Gasteiger partial charge >= 0.3 is 0 Å². The predicted molar refractivity (Wildman–Crippen MR) is 157 cm³/mol. The van der Waals surface area contributed by atoms with Gasteiger partial charge in [0.05, 0.1) is 6.04 Å². The molecule has 0 aliphatic carbocycles. The summed E-state index contributed by atoms with van der Waals surface area (Å²) in [6, 6.07) is 16.5. The number of aromatic amines is 1. The molecule has 0 radical (unpaired) electrons. The van der Waals surface area contributed by atoms with E-state index in [9.17, 15) is 24.0 Å². The second-order valence-corrected chi connectivity index (χ2v) is 11.6. The van der Waals surface area contributed by atoms with E-state index < -0.39 is 35.6 Å². The van der Waals surface area contributed by atoms with Gasteiger partial charge in [-0.25, -0.2) is 0 Å². The predicted octanol–water partition coefficient (Wildman–Crippen LogP) is 2.55. The van der Waals surface area contributed by atoms with Crippen molar-refractivity contribution in [1.82, 2.24) is 25.8 Å². The van der Waals surface area contributed by atoms with Crippen LogP contribution in [0.1, 0.15) is 49.2 Å². The van der Waals surface area contributed by atoms with Gasteiger partial charge in [0, 0.05) is 36.5 Å². The number of para-hydroxylation sites is 1. The second-order valence-electron chi connectivity index (χ2n) is 11.6. The monoisotopic (exact) mass is 571 g/mol. The van der Waals surface area contributed by atoms with Crippen molar-refractivity contribution in [1.29, 1.82) is 0 Å². The average molecular weight is 572 g/mol. The number of fused-ring (bicyclic) bond motifs is 1. The van der Waals surface area contributed by atoms with E-state index in [0.717, 1.165) is 16.5 Å². The molecule has 4 amide bonds. The van der Waals surface area contributed by atoms with E-state index >= 15 is 0 Å². The van der Waals surface area contributed by atoms with Gasteiger partial charge in [0.25, 0.3) is 11.8 Å². The summed E-state index contributed by atoms with van der Waals surface area (Å²) in [5, 5.41) is 9.05. The summed E-state index contributed by atoms with van der Waals surface area (Å²) in [5.41, 5.74) is 2.03. The van der Waals surface area contributed by atoms with E-state index in [4.69, 9.17) is 0 Å². The van der Waals surface area contributed by atoms with Crippen LogP contribution in [0.4, 0.5) is 0 Å². The number of hydrogen-bond acceptors (Lipinski definition) is 5. The Morgan fingerprint density at radius 1 is 1.02 bits per heavy atom. The number of benzene rings is 2. The zero-order valence-corrected chi connectivity index (χ0v) is 23.9. The van der Waals surface area contributed by atoms with Crippen LogP contribution in [0.3, 0.4) is 0 Å². The fraction of sp³-hybridized carbons (Fsp3) is 0.406. The molecule has 2 fully saturated rings. The number of nitrogens with one attached hydrogen (secondary N) is 4. The van der Waals surface area contributed by atoms with Crippen molar-refractivity contribution in [2.75, 3.05) is 13.1 Å². The highest BCUT2D eigenvalue weighted by molar-refractivity contribution is 6.38. The molecule has 10 nitrogen and oxygen atoms in total. The van der Waals surface area contributed by atoms with Gasteiger partial charge in [-0.3, -0.25) is 24.0 Å². The number of ketones is 1. The quantitative estimate of drug-likeness (QED) is 0.277. The molecule has 2 saturated heterocycles. The molecular weight excluding hydrogens is 534 g/mol. The first-order chi connectivity index (χ1) is 20.2. The minimum Gasteiger partial charge on any atom is -0.356 e. The zero-order valence-electron chi connectivity index (χ0n) is 23.9. The first-order valence-corrected chi connectivity index (χ1v) is 14.5. The number of H-pyrrole nitrogens is 1. The normalized spacial score (nSPS) is 20.9. The SMILES string of the molecule is CC(C)[C@@H]1C[C@@H](C(=O)N[C@@H](C[C@@H]2CCNC2=O)C(=O)C(=O)NCc2ccccc2)N(C(=O)c2cc3ccccc3[nH]2)C1. The van der Waals surface area contributed by atoms with Crippen LogP contribution in [-0.2, 0) is 25.7 Å². The molecule has 2 aliphatic heterocycles. The van der Waals surface area contributed by atoms with E-state index in [1.54, 1.807) is 11.0 Å². The third-order valence-corrected chi connectivity index (χ3v) is 8.44.